The van der Waals surface area contributed by atoms with Crippen LogP contribution in [0.3, 0.4) is 0 Å². The molecule has 0 spiro atoms. The Morgan fingerprint density at radius 3 is 1.25 bits per heavy atom. The van der Waals surface area contributed by atoms with Crippen LogP contribution in [0, 0.1) is 0 Å². The molecule has 1 atom stereocenters. The molecule has 0 aromatic rings. The molecule has 0 N–H and O–H groups in total. The van der Waals surface area contributed by atoms with E-state index in [1.54, 1.807) is 0 Å². The van der Waals surface area contributed by atoms with Gasteiger partial charge in [-0.3, -0.25) is 4.57 Å². The van der Waals surface area contributed by atoms with Gasteiger partial charge in [0, 0.05) is 0 Å². The molecule has 0 aliphatic heterocycles. The molecule has 0 aromatic carbocycles. The minimum Gasteiger partial charge on any atom is -0.756 e. The highest BCUT2D eigenvalue weighted by Crippen LogP contribution is 2.38. The normalized spacial score (nSPS) is 13.8. The molecule has 0 amide bonds. The van der Waals surface area contributed by atoms with Gasteiger partial charge in [-0.05, 0) is 19.3 Å². The van der Waals surface area contributed by atoms with Crippen LogP contribution in [0.5, 0.6) is 0 Å². The van der Waals surface area contributed by atoms with Crippen molar-refractivity contribution >= 4 is 7.82 Å². The first kappa shape index (κ1) is 36.1. The van der Waals surface area contributed by atoms with E-state index in [1.165, 1.54) is 122 Å². The molecule has 0 heterocycles. The Morgan fingerprint density at radius 1 is 0.500 bits per heavy atom. The number of phosphoric ester groups is 1. The summed E-state index contributed by atoms with van der Waals surface area (Å²) in [7, 11) is 0.130. The molecular weight excluding hydrogens is 469 g/mol. The van der Waals surface area contributed by atoms with Crippen LogP contribution in [-0.2, 0) is 13.6 Å². The van der Waals surface area contributed by atoms with Gasteiger partial charge in [0.15, 0.2) is 0 Å². The standard InChI is InChI=1S/C30H64NO4P/c1-5-7-9-11-13-15-17-18-20-22-24-26-29-34-36(32,33)35-30-28-31(3,4)27-25-23-21-19-16-14-12-10-8-6-2/h5-30H2,1-4H3. The fraction of sp³-hybridized carbons (Fsp3) is 1.00. The number of phosphoric acid groups is 1. The summed E-state index contributed by atoms with van der Waals surface area (Å²) in [6.45, 7) is 6.71. The van der Waals surface area contributed by atoms with Crippen molar-refractivity contribution in [3.63, 3.8) is 0 Å². The van der Waals surface area contributed by atoms with E-state index in [1.807, 2.05) is 0 Å². The molecular formula is C30H64NO4P. The molecule has 5 nitrogen and oxygen atoms in total. The Morgan fingerprint density at radius 2 is 0.833 bits per heavy atom. The Kier molecular flexibility index (Phi) is 25.4. The molecule has 36 heavy (non-hydrogen) atoms. The van der Waals surface area contributed by atoms with Crippen LogP contribution >= 0.6 is 7.82 Å². The third-order valence-electron chi connectivity index (χ3n) is 7.31. The van der Waals surface area contributed by atoms with E-state index in [0.717, 1.165) is 30.3 Å². The van der Waals surface area contributed by atoms with E-state index >= 15 is 0 Å². The van der Waals surface area contributed by atoms with Gasteiger partial charge in [-0.2, -0.15) is 0 Å². The summed E-state index contributed by atoms with van der Waals surface area (Å²) in [5, 5.41) is 0. The quantitative estimate of drug-likeness (QED) is 0.0546. The van der Waals surface area contributed by atoms with Crippen LogP contribution < -0.4 is 4.89 Å². The largest absolute Gasteiger partial charge is 0.756 e. The Labute approximate surface area is 226 Å². The van der Waals surface area contributed by atoms with Crippen LogP contribution in [0.1, 0.15) is 155 Å². The van der Waals surface area contributed by atoms with Crippen LogP contribution in [-0.4, -0.2) is 44.9 Å². The van der Waals surface area contributed by atoms with Crippen molar-refractivity contribution in [3.8, 4) is 0 Å². The van der Waals surface area contributed by atoms with Gasteiger partial charge in [-0.15, -0.1) is 0 Å². The summed E-state index contributed by atoms with van der Waals surface area (Å²) in [5.41, 5.74) is 0. The van der Waals surface area contributed by atoms with E-state index in [4.69, 9.17) is 9.05 Å². The van der Waals surface area contributed by atoms with Crippen LogP contribution in [0.2, 0.25) is 0 Å². The van der Waals surface area contributed by atoms with Gasteiger partial charge in [0.25, 0.3) is 7.82 Å². The van der Waals surface area contributed by atoms with E-state index in [9.17, 15) is 9.46 Å². The molecule has 218 valence electrons. The van der Waals surface area contributed by atoms with E-state index in [0.29, 0.717) is 6.54 Å². The lowest BCUT2D eigenvalue weighted by Gasteiger charge is -2.31. The monoisotopic (exact) mass is 533 g/mol. The molecule has 0 aliphatic rings. The minimum atomic E-state index is -4.18. The van der Waals surface area contributed by atoms with Gasteiger partial charge in [0.2, 0.25) is 0 Å². The second kappa shape index (κ2) is 25.4. The summed E-state index contributed by atoms with van der Waals surface area (Å²) in [6, 6.07) is 0. The van der Waals surface area contributed by atoms with Crippen molar-refractivity contribution < 1.29 is 23.0 Å². The van der Waals surface area contributed by atoms with E-state index < -0.39 is 7.82 Å². The van der Waals surface area contributed by atoms with Gasteiger partial charge in [0.1, 0.15) is 13.2 Å². The van der Waals surface area contributed by atoms with E-state index in [2.05, 4.69) is 27.9 Å². The number of hydrogen-bond donors (Lipinski definition) is 0. The number of rotatable bonds is 29. The molecule has 0 saturated carbocycles. The van der Waals surface area contributed by atoms with E-state index in [-0.39, 0.29) is 13.2 Å². The number of quaternary nitrogens is 1. The van der Waals surface area contributed by atoms with Gasteiger partial charge in [-0.1, -0.05) is 136 Å². The SMILES string of the molecule is CCCCCCCCCCCCCCOP(=O)([O-])OCC[N+](C)(C)CCCCCCCCCCCC. The summed E-state index contributed by atoms with van der Waals surface area (Å²) >= 11 is 0. The van der Waals surface area contributed by atoms with Crippen LogP contribution in [0.4, 0.5) is 0 Å². The first-order valence-electron chi connectivity index (χ1n) is 15.7. The van der Waals surface area contributed by atoms with Gasteiger partial charge < -0.3 is 18.4 Å². The highest BCUT2D eigenvalue weighted by molar-refractivity contribution is 7.45. The van der Waals surface area contributed by atoms with Crippen molar-refractivity contribution in [3.05, 3.63) is 0 Å². The van der Waals surface area contributed by atoms with Crippen molar-refractivity contribution in [2.24, 2.45) is 0 Å². The number of likely N-dealkylation sites (N-methyl/N-ethyl adjacent to an activating group) is 1. The molecule has 0 aliphatic carbocycles. The van der Waals surface area contributed by atoms with Crippen molar-refractivity contribution in [1.82, 2.24) is 0 Å². The predicted octanol–water partition coefficient (Wildman–Crippen LogP) is 9.19. The van der Waals surface area contributed by atoms with Crippen molar-refractivity contribution in [2.75, 3.05) is 40.4 Å². The zero-order chi connectivity index (χ0) is 26.8. The lowest BCUT2D eigenvalue weighted by atomic mass is 10.1. The first-order valence-corrected chi connectivity index (χ1v) is 17.2. The molecule has 0 saturated heterocycles. The van der Waals surface area contributed by atoms with Crippen molar-refractivity contribution in [1.29, 1.82) is 0 Å². The predicted molar refractivity (Wildman–Crippen MR) is 154 cm³/mol. The third kappa shape index (κ3) is 27.1. The number of nitrogens with zero attached hydrogens (tertiary/aromatic N) is 1. The van der Waals surface area contributed by atoms with Gasteiger partial charge in [-0.25, -0.2) is 0 Å². The molecule has 1 unspecified atom stereocenters. The number of hydrogen-bond acceptors (Lipinski definition) is 4. The molecule has 0 radical (unpaired) electrons. The Hall–Kier alpha value is 0.0700. The zero-order valence-electron chi connectivity index (χ0n) is 24.9. The molecule has 6 heteroatoms. The fourth-order valence-corrected chi connectivity index (χ4v) is 5.43. The lowest BCUT2D eigenvalue weighted by Crippen LogP contribution is -2.43. The maximum Gasteiger partial charge on any atom is 0.268 e. The first-order chi connectivity index (χ1) is 17.3. The average Bonchev–Trinajstić information content (AvgIpc) is 2.83. The molecule has 0 aromatic heterocycles. The summed E-state index contributed by atoms with van der Waals surface area (Å²) in [6.07, 6.45) is 28.4. The van der Waals surface area contributed by atoms with Gasteiger partial charge in [0.05, 0.1) is 27.2 Å². The van der Waals surface area contributed by atoms with Crippen molar-refractivity contribution in [2.45, 2.75) is 155 Å². The summed E-state index contributed by atoms with van der Waals surface area (Å²) in [5.74, 6) is 0. The summed E-state index contributed by atoms with van der Waals surface area (Å²) in [4.78, 5) is 12.0. The number of unbranched alkanes of at least 4 members (excludes halogenated alkanes) is 20. The highest BCUT2D eigenvalue weighted by atomic mass is 31.2. The maximum absolute atomic E-state index is 12.0. The molecule has 0 bridgehead atoms. The highest BCUT2D eigenvalue weighted by Gasteiger charge is 2.17. The van der Waals surface area contributed by atoms with Crippen LogP contribution in [0.15, 0.2) is 0 Å². The van der Waals surface area contributed by atoms with Gasteiger partial charge >= 0.3 is 0 Å². The Bertz CT molecular complexity index is 501. The topological polar surface area (TPSA) is 58.6 Å². The third-order valence-corrected chi connectivity index (χ3v) is 8.31. The Balaban J connectivity index is 3.57. The second-order valence-electron chi connectivity index (χ2n) is 11.6. The fourth-order valence-electron chi connectivity index (χ4n) is 4.70. The molecule has 0 rings (SSSR count). The molecule has 0 fully saturated rings. The average molecular weight is 534 g/mol. The lowest BCUT2D eigenvalue weighted by molar-refractivity contribution is -0.890. The van der Waals surface area contributed by atoms with Crippen LogP contribution in [0.25, 0.3) is 0 Å². The maximum atomic E-state index is 12.0. The second-order valence-corrected chi connectivity index (χ2v) is 13.0. The summed E-state index contributed by atoms with van der Waals surface area (Å²) < 4.78 is 23.0. The zero-order valence-corrected chi connectivity index (χ0v) is 25.8. The smallest absolute Gasteiger partial charge is 0.268 e. The minimum absolute atomic E-state index is 0.198.